The van der Waals surface area contributed by atoms with Gasteiger partial charge in [0.15, 0.2) is 0 Å². The average molecular weight is 84.2 g/mol. The van der Waals surface area contributed by atoms with Crippen molar-refractivity contribution >= 4 is 0 Å². The normalized spacial score (nSPS) is 22.5. The average Bonchev–Trinajstić information content (AvgIpc) is 2.06. The van der Waals surface area contributed by atoms with E-state index >= 15 is 0 Å². The maximum absolute atomic E-state index is 2.30. The van der Waals surface area contributed by atoms with Gasteiger partial charge in [0, 0.05) is 0 Å². The van der Waals surface area contributed by atoms with E-state index in [2.05, 4.69) is 13.8 Å². The molecule has 0 aromatic heterocycles. The molecule has 0 aromatic rings. The fourth-order valence-electron chi connectivity index (χ4n) is 0.763. The quantitative estimate of drug-likeness (QED) is 0.456. The van der Waals surface area contributed by atoms with Crippen LogP contribution in [0.3, 0.4) is 0 Å². The fraction of sp³-hybridized carbons (Fsp3) is 1.00. The van der Waals surface area contributed by atoms with Crippen molar-refractivity contribution in [2.45, 2.75) is 26.7 Å². The van der Waals surface area contributed by atoms with E-state index in [0.717, 1.165) is 11.8 Å². The molecule has 0 bridgehead atoms. The molecule has 0 aromatic carbocycles. The molecule has 1 saturated carbocycles. The summed E-state index contributed by atoms with van der Waals surface area (Å²) in [5.74, 6) is 2.06. The van der Waals surface area contributed by atoms with Crippen molar-refractivity contribution in [3.05, 3.63) is 0 Å². The van der Waals surface area contributed by atoms with E-state index in [1.54, 1.807) is 0 Å². The Balaban J connectivity index is 2.13. The second-order valence-corrected chi connectivity index (χ2v) is 2.58. The van der Waals surface area contributed by atoms with Crippen LogP contribution in [0.2, 0.25) is 0 Å². The first kappa shape index (κ1) is 4.17. The molecular weight excluding hydrogens is 72.1 g/mol. The first-order chi connectivity index (χ1) is 2.80. The van der Waals surface area contributed by atoms with E-state index in [-0.39, 0.29) is 0 Å². The molecule has 0 nitrogen and oxygen atoms in total. The van der Waals surface area contributed by atoms with E-state index in [1.165, 1.54) is 12.8 Å². The molecule has 0 saturated heterocycles. The zero-order valence-corrected chi connectivity index (χ0v) is 4.57. The molecule has 0 N–H and O–H groups in total. The van der Waals surface area contributed by atoms with Gasteiger partial charge in [-0.15, -0.1) is 0 Å². The number of hydrogen-bond donors (Lipinski definition) is 0. The van der Waals surface area contributed by atoms with Gasteiger partial charge in [-0.2, -0.15) is 0 Å². The van der Waals surface area contributed by atoms with E-state index in [4.69, 9.17) is 0 Å². The largest absolute Gasteiger partial charge is 0.0625 e. The molecule has 36 valence electrons. The Hall–Kier alpha value is 0. The van der Waals surface area contributed by atoms with Gasteiger partial charge in [0.05, 0.1) is 0 Å². The van der Waals surface area contributed by atoms with Crippen LogP contribution < -0.4 is 0 Å². The summed E-state index contributed by atoms with van der Waals surface area (Å²) in [6, 6.07) is 0. The zero-order chi connectivity index (χ0) is 4.57. The minimum atomic E-state index is 0.963. The van der Waals surface area contributed by atoms with Crippen molar-refractivity contribution in [1.29, 1.82) is 0 Å². The van der Waals surface area contributed by atoms with Crippen molar-refractivity contribution in [2.24, 2.45) is 11.8 Å². The molecule has 1 fully saturated rings. The van der Waals surface area contributed by atoms with Crippen LogP contribution in [0.25, 0.3) is 0 Å². The summed E-state index contributed by atoms with van der Waals surface area (Å²) in [5.41, 5.74) is 0. The van der Waals surface area contributed by atoms with E-state index in [9.17, 15) is 0 Å². The topological polar surface area (TPSA) is 0 Å². The lowest BCUT2D eigenvalue weighted by atomic mass is 10.1. The van der Waals surface area contributed by atoms with E-state index < -0.39 is 0 Å². The van der Waals surface area contributed by atoms with Crippen LogP contribution in [0.4, 0.5) is 0 Å². The molecule has 0 unspecified atom stereocenters. The first-order valence-corrected chi connectivity index (χ1v) is 2.80. The Morgan fingerprint density at radius 2 is 1.83 bits per heavy atom. The van der Waals surface area contributed by atoms with Gasteiger partial charge in [-0.1, -0.05) is 13.8 Å². The molecular formula is C6H12. The van der Waals surface area contributed by atoms with Gasteiger partial charge in [-0.25, -0.2) is 0 Å². The molecule has 0 heterocycles. The van der Waals surface area contributed by atoms with Gasteiger partial charge in [-0.3, -0.25) is 0 Å². The van der Waals surface area contributed by atoms with Gasteiger partial charge in [-0.05, 0) is 24.7 Å². The van der Waals surface area contributed by atoms with Gasteiger partial charge in [0.1, 0.15) is 0 Å². The zero-order valence-electron chi connectivity index (χ0n) is 4.57. The van der Waals surface area contributed by atoms with Crippen molar-refractivity contribution in [2.75, 3.05) is 0 Å². The third-order valence-electron chi connectivity index (χ3n) is 1.56. The lowest BCUT2D eigenvalue weighted by Gasteiger charge is -1.94. The molecule has 0 aliphatic heterocycles. The standard InChI is InChI=1S/C6H12/c1-5(2)6-3-4-6/h5-6H,3-4H2,1-2H3. The molecule has 0 radical (unpaired) electrons. The predicted molar refractivity (Wildman–Crippen MR) is 27.6 cm³/mol. The molecule has 6 heavy (non-hydrogen) atoms. The lowest BCUT2D eigenvalue weighted by Crippen LogP contribution is -1.85. The second-order valence-electron chi connectivity index (χ2n) is 2.58. The van der Waals surface area contributed by atoms with Gasteiger partial charge in [0.2, 0.25) is 0 Å². The third kappa shape index (κ3) is 0.735. The summed E-state index contributed by atoms with van der Waals surface area (Å²) in [4.78, 5) is 0. The van der Waals surface area contributed by atoms with Crippen LogP contribution >= 0.6 is 0 Å². The van der Waals surface area contributed by atoms with Gasteiger partial charge >= 0.3 is 0 Å². The molecule has 1 rings (SSSR count). The van der Waals surface area contributed by atoms with Crippen LogP contribution in [0.5, 0.6) is 0 Å². The smallest absolute Gasteiger partial charge is 0.0391 e. The van der Waals surface area contributed by atoms with Crippen LogP contribution in [-0.2, 0) is 0 Å². The predicted octanol–water partition coefficient (Wildman–Crippen LogP) is 2.05. The van der Waals surface area contributed by atoms with Crippen molar-refractivity contribution in [1.82, 2.24) is 0 Å². The summed E-state index contributed by atoms with van der Waals surface area (Å²) in [5, 5.41) is 0. The van der Waals surface area contributed by atoms with Crippen LogP contribution in [-0.4, -0.2) is 0 Å². The van der Waals surface area contributed by atoms with Gasteiger partial charge in [0.25, 0.3) is 0 Å². The Morgan fingerprint density at radius 1 is 1.33 bits per heavy atom. The fourth-order valence-corrected chi connectivity index (χ4v) is 0.763. The van der Waals surface area contributed by atoms with Crippen LogP contribution in [0, 0.1) is 11.8 Å². The Morgan fingerprint density at radius 3 is 1.83 bits per heavy atom. The van der Waals surface area contributed by atoms with Crippen molar-refractivity contribution in [3.63, 3.8) is 0 Å². The highest BCUT2D eigenvalue weighted by Gasteiger charge is 2.23. The molecule has 0 heteroatoms. The highest BCUT2D eigenvalue weighted by Crippen LogP contribution is 2.35. The minimum absolute atomic E-state index is 0.963. The third-order valence-corrected chi connectivity index (χ3v) is 1.56. The molecule has 1 aliphatic rings. The Kier molecular flexibility index (Phi) is 0.868. The van der Waals surface area contributed by atoms with Crippen LogP contribution in [0.1, 0.15) is 26.7 Å². The summed E-state index contributed by atoms with van der Waals surface area (Å²) >= 11 is 0. The van der Waals surface area contributed by atoms with Crippen molar-refractivity contribution < 1.29 is 0 Å². The molecule has 0 spiro atoms. The molecule has 1 aliphatic carbocycles. The Bertz CT molecular complexity index is 42.0. The van der Waals surface area contributed by atoms with E-state index in [1.807, 2.05) is 0 Å². The number of rotatable bonds is 1. The summed E-state index contributed by atoms with van der Waals surface area (Å²) in [7, 11) is 0. The maximum Gasteiger partial charge on any atom is -0.0391 e. The SMILES string of the molecule is CC(C)C1CC1. The monoisotopic (exact) mass is 84.1 g/mol. The summed E-state index contributed by atoms with van der Waals surface area (Å²) < 4.78 is 0. The Labute approximate surface area is 39.6 Å². The second kappa shape index (κ2) is 1.25. The highest BCUT2D eigenvalue weighted by atomic mass is 14.3. The molecule has 0 amide bonds. The van der Waals surface area contributed by atoms with Crippen LogP contribution in [0.15, 0.2) is 0 Å². The first-order valence-electron chi connectivity index (χ1n) is 2.80. The lowest BCUT2D eigenvalue weighted by molar-refractivity contribution is 0.563. The highest BCUT2D eigenvalue weighted by molar-refractivity contribution is 4.75. The van der Waals surface area contributed by atoms with Crippen molar-refractivity contribution in [3.8, 4) is 0 Å². The maximum atomic E-state index is 2.30. The van der Waals surface area contributed by atoms with E-state index in [0.29, 0.717) is 0 Å². The summed E-state index contributed by atoms with van der Waals surface area (Å²) in [6.45, 7) is 4.61. The number of hydrogen-bond acceptors (Lipinski definition) is 0. The summed E-state index contributed by atoms with van der Waals surface area (Å²) in [6.07, 6.45) is 3.00. The van der Waals surface area contributed by atoms with Gasteiger partial charge < -0.3 is 0 Å². The molecule has 0 atom stereocenters. The minimum Gasteiger partial charge on any atom is -0.0625 e.